The van der Waals surface area contributed by atoms with E-state index >= 15 is 0 Å². The van der Waals surface area contributed by atoms with E-state index in [-0.39, 0.29) is 11.9 Å². The first-order valence-electron chi connectivity index (χ1n) is 7.93. The highest BCUT2D eigenvalue weighted by Gasteiger charge is 2.43. The zero-order chi connectivity index (χ0) is 17.1. The van der Waals surface area contributed by atoms with Crippen LogP contribution in [0.5, 0.6) is 0 Å². The zero-order valence-corrected chi connectivity index (χ0v) is 13.5. The van der Waals surface area contributed by atoms with Crippen molar-refractivity contribution < 1.29 is 18.0 Å². The van der Waals surface area contributed by atoms with E-state index in [4.69, 9.17) is 0 Å². The molecule has 1 atom stereocenters. The minimum absolute atomic E-state index is 0.110. The van der Waals surface area contributed by atoms with Crippen molar-refractivity contribution in [3.63, 3.8) is 0 Å². The Hall–Kier alpha value is -1.56. The van der Waals surface area contributed by atoms with Gasteiger partial charge in [-0.1, -0.05) is 31.0 Å². The van der Waals surface area contributed by atoms with Crippen LogP contribution >= 0.6 is 0 Å². The van der Waals surface area contributed by atoms with Crippen molar-refractivity contribution >= 4 is 5.91 Å². The van der Waals surface area contributed by atoms with Crippen LogP contribution in [0.2, 0.25) is 0 Å². The van der Waals surface area contributed by atoms with Gasteiger partial charge < -0.3 is 10.6 Å². The number of likely N-dealkylation sites (N-methyl/N-ethyl adjacent to an activating group) is 1. The molecule has 3 nitrogen and oxygen atoms in total. The number of benzene rings is 1. The summed E-state index contributed by atoms with van der Waals surface area (Å²) in [6.45, 7) is 2.39. The van der Waals surface area contributed by atoms with Crippen LogP contribution < -0.4 is 10.6 Å². The van der Waals surface area contributed by atoms with Gasteiger partial charge >= 0.3 is 6.18 Å². The molecule has 0 radical (unpaired) electrons. The zero-order valence-electron chi connectivity index (χ0n) is 13.5. The van der Waals surface area contributed by atoms with Crippen LogP contribution in [0.1, 0.15) is 43.7 Å². The van der Waals surface area contributed by atoms with Crippen LogP contribution in [-0.2, 0) is 16.4 Å². The predicted octanol–water partition coefficient (Wildman–Crippen LogP) is 3.24. The maximum absolute atomic E-state index is 13.0. The first-order valence-corrected chi connectivity index (χ1v) is 7.93. The molecule has 23 heavy (non-hydrogen) atoms. The lowest BCUT2D eigenvalue weighted by Gasteiger charge is -2.29. The fourth-order valence-corrected chi connectivity index (χ4v) is 3.14. The van der Waals surface area contributed by atoms with Crippen molar-refractivity contribution in [3.05, 3.63) is 35.4 Å². The highest BCUT2D eigenvalue weighted by atomic mass is 19.4. The molecule has 0 saturated heterocycles. The number of nitrogens with one attached hydrogen (secondary N) is 2. The molecule has 1 aliphatic carbocycles. The Morgan fingerprint density at radius 3 is 2.52 bits per heavy atom. The van der Waals surface area contributed by atoms with Gasteiger partial charge in [-0.15, -0.1) is 0 Å². The Morgan fingerprint density at radius 2 is 1.96 bits per heavy atom. The monoisotopic (exact) mass is 328 g/mol. The number of amides is 1. The van der Waals surface area contributed by atoms with E-state index in [1.807, 2.05) is 6.92 Å². The molecule has 0 aliphatic heterocycles. The fraction of sp³-hybridized carbons (Fsp3) is 0.588. The molecule has 1 fully saturated rings. The molecule has 1 unspecified atom stereocenters. The first kappa shape index (κ1) is 17.8. The summed E-state index contributed by atoms with van der Waals surface area (Å²) in [6, 6.07) is 5.32. The van der Waals surface area contributed by atoms with Crippen molar-refractivity contribution in [2.75, 3.05) is 13.6 Å². The predicted molar refractivity (Wildman–Crippen MR) is 83.1 cm³/mol. The second-order valence-corrected chi connectivity index (χ2v) is 6.27. The second-order valence-electron chi connectivity index (χ2n) is 6.27. The SMILES string of the molecule is CNC(C)CNC(=O)C1(c2cccc(C(F)(F)F)c2)CCCC1. The molecular formula is C17H23F3N2O. The molecule has 1 aromatic carbocycles. The molecule has 1 aliphatic rings. The maximum Gasteiger partial charge on any atom is 0.416 e. The first-order chi connectivity index (χ1) is 10.8. The molecule has 1 saturated carbocycles. The molecule has 2 N–H and O–H groups in total. The number of rotatable bonds is 5. The van der Waals surface area contributed by atoms with E-state index in [2.05, 4.69) is 10.6 Å². The molecular weight excluding hydrogens is 305 g/mol. The van der Waals surface area contributed by atoms with Gasteiger partial charge in [-0.3, -0.25) is 4.79 Å². The summed E-state index contributed by atoms with van der Waals surface area (Å²) in [5, 5.41) is 5.92. The normalized spacial score (nSPS) is 18.7. The van der Waals surface area contributed by atoms with E-state index in [0.717, 1.165) is 25.0 Å². The van der Waals surface area contributed by atoms with Crippen LogP contribution in [-0.4, -0.2) is 25.5 Å². The van der Waals surface area contributed by atoms with Gasteiger partial charge in [-0.05, 0) is 38.4 Å². The Kier molecular flexibility index (Phi) is 5.34. The van der Waals surface area contributed by atoms with Gasteiger partial charge in [0, 0.05) is 12.6 Å². The van der Waals surface area contributed by atoms with E-state index in [1.165, 1.54) is 6.07 Å². The molecule has 1 amide bonds. The minimum atomic E-state index is -4.40. The molecule has 2 rings (SSSR count). The van der Waals surface area contributed by atoms with Crippen LogP contribution in [0.4, 0.5) is 13.2 Å². The van der Waals surface area contributed by atoms with Gasteiger partial charge in [0.05, 0.1) is 11.0 Å². The minimum Gasteiger partial charge on any atom is -0.354 e. The fourth-order valence-electron chi connectivity index (χ4n) is 3.14. The Balaban J connectivity index is 2.29. The van der Waals surface area contributed by atoms with Gasteiger partial charge in [-0.25, -0.2) is 0 Å². The van der Waals surface area contributed by atoms with Crippen LogP contribution in [0, 0.1) is 0 Å². The van der Waals surface area contributed by atoms with Crippen LogP contribution in [0.15, 0.2) is 24.3 Å². The van der Waals surface area contributed by atoms with Crippen LogP contribution in [0.3, 0.4) is 0 Å². The van der Waals surface area contributed by atoms with Crippen molar-refractivity contribution in [1.29, 1.82) is 0 Å². The van der Waals surface area contributed by atoms with Crippen molar-refractivity contribution in [3.8, 4) is 0 Å². The third kappa shape index (κ3) is 3.86. The van der Waals surface area contributed by atoms with Gasteiger partial charge in [0.25, 0.3) is 0 Å². The van der Waals surface area contributed by atoms with Crippen molar-refractivity contribution in [2.24, 2.45) is 0 Å². The molecule has 0 heterocycles. The molecule has 0 spiro atoms. The molecule has 6 heteroatoms. The highest BCUT2D eigenvalue weighted by Crippen LogP contribution is 2.43. The average molecular weight is 328 g/mol. The number of hydrogen-bond donors (Lipinski definition) is 2. The summed E-state index contributed by atoms with van der Waals surface area (Å²) in [6.07, 6.45) is -1.51. The molecule has 0 aromatic heterocycles. The third-order valence-electron chi connectivity index (χ3n) is 4.70. The summed E-state index contributed by atoms with van der Waals surface area (Å²) >= 11 is 0. The largest absolute Gasteiger partial charge is 0.416 e. The van der Waals surface area contributed by atoms with Gasteiger partial charge in [0.1, 0.15) is 0 Å². The van der Waals surface area contributed by atoms with E-state index in [1.54, 1.807) is 13.1 Å². The van der Waals surface area contributed by atoms with E-state index in [0.29, 0.717) is 24.9 Å². The number of carbonyl (C=O) groups excluding carboxylic acids is 1. The maximum atomic E-state index is 13.0. The Bertz CT molecular complexity index is 551. The lowest BCUT2D eigenvalue weighted by atomic mass is 9.77. The van der Waals surface area contributed by atoms with Crippen LogP contribution in [0.25, 0.3) is 0 Å². The lowest BCUT2D eigenvalue weighted by molar-refractivity contribution is -0.138. The Labute approximate surface area is 134 Å². The quantitative estimate of drug-likeness (QED) is 0.871. The highest BCUT2D eigenvalue weighted by molar-refractivity contribution is 5.88. The van der Waals surface area contributed by atoms with Gasteiger partial charge in [-0.2, -0.15) is 13.2 Å². The number of alkyl halides is 3. The topological polar surface area (TPSA) is 41.1 Å². The van der Waals surface area contributed by atoms with Crippen molar-refractivity contribution in [2.45, 2.75) is 50.2 Å². The summed E-state index contributed by atoms with van der Waals surface area (Å²) < 4.78 is 38.9. The van der Waals surface area contributed by atoms with E-state index < -0.39 is 17.2 Å². The second kappa shape index (κ2) is 6.91. The average Bonchev–Trinajstić information content (AvgIpc) is 3.02. The molecule has 1 aromatic rings. The number of halogens is 3. The lowest BCUT2D eigenvalue weighted by Crippen LogP contribution is -2.46. The Morgan fingerprint density at radius 1 is 1.30 bits per heavy atom. The smallest absolute Gasteiger partial charge is 0.354 e. The molecule has 128 valence electrons. The van der Waals surface area contributed by atoms with Gasteiger partial charge in [0.15, 0.2) is 0 Å². The summed E-state index contributed by atoms with van der Waals surface area (Å²) in [5.74, 6) is -0.170. The van der Waals surface area contributed by atoms with Crippen molar-refractivity contribution in [1.82, 2.24) is 10.6 Å². The number of hydrogen-bond acceptors (Lipinski definition) is 2. The summed E-state index contributed by atoms with van der Waals surface area (Å²) in [5.41, 5.74) is -1.06. The third-order valence-corrected chi connectivity index (χ3v) is 4.70. The summed E-state index contributed by atoms with van der Waals surface area (Å²) in [4.78, 5) is 12.7. The van der Waals surface area contributed by atoms with Gasteiger partial charge in [0.2, 0.25) is 5.91 Å². The summed E-state index contributed by atoms with van der Waals surface area (Å²) in [7, 11) is 1.80. The van der Waals surface area contributed by atoms with E-state index in [9.17, 15) is 18.0 Å². The molecule has 0 bridgehead atoms. The standard InChI is InChI=1S/C17H23F3N2O/c1-12(21-2)11-22-15(23)16(8-3-4-9-16)13-6-5-7-14(10-13)17(18,19)20/h5-7,10,12,21H,3-4,8-9,11H2,1-2H3,(H,22,23). The number of carbonyl (C=O) groups is 1.